The Labute approximate surface area is 134 Å². The van der Waals surface area contributed by atoms with Crippen LogP contribution in [0.3, 0.4) is 0 Å². The predicted octanol–water partition coefficient (Wildman–Crippen LogP) is 2.29. The fraction of sp³-hybridized carbons (Fsp3) is 0.667. The van der Waals surface area contributed by atoms with E-state index in [1.54, 1.807) is 7.11 Å². The van der Waals surface area contributed by atoms with E-state index in [0.29, 0.717) is 6.04 Å². The molecule has 0 radical (unpaired) electrons. The number of hydrogen-bond acceptors (Lipinski definition) is 4. The van der Waals surface area contributed by atoms with Gasteiger partial charge in [0.05, 0.1) is 20.3 Å². The topological polar surface area (TPSA) is 24.9 Å². The lowest BCUT2D eigenvalue weighted by Crippen LogP contribution is -2.38. The van der Waals surface area contributed by atoms with Crippen molar-refractivity contribution in [2.24, 2.45) is 0 Å². The van der Waals surface area contributed by atoms with Gasteiger partial charge in [0, 0.05) is 37.8 Å². The standard InChI is InChI=1S/C18H28N2O2/c1-4-20-13-16-11-18(21-3)17(10-15(16)9-14(20)2)12-19-5-7-22-8-6-19/h10-11,14H,4-9,12-13H2,1-3H3. The van der Waals surface area contributed by atoms with Crippen LogP contribution in [0, 0.1) is 0 Å². The van der Waals surface area contributed by atoms with Crippen LogP contribution < -0.4 is 4.74 Å². The van der Waals surface area contributed by atoms with Gasteiger partial charge in [-0.3, -0.25) is 9.80 Å². The smallest absolute Gasteiger partial charge is 0.123 e. The zero-order chi connectivity index (χ0) is 15.5. The van der Waals surface area contributed by atoms with Crippen LogP contribution in [-0.2, 0) is 24.2 Å². The number of likely N-dealkylation sites (N-methyl/N-ethyl adjacent to an activating group) is 1. The van der Waals surface area contributed by atoms with E-state index in [9.17, 15) is 0 Å². The summed E-state index contributed by atoms with van der Waals surface area (Å²) in [5.41, 5.74) is 4.25. The van der Waals surface area contributed by atoms with E-state index in [-0.39, 0.29) is 0 Å². The van der Waals surface area contributed by atoms with Gasteiger partial charge in [-0.15, -0.1) is 0 Å². The highest BCUT2D eigenvalue weighted by molar-refractivity contribution is 5.44. The molecule has 122 valence electrons. The van der Waals surface area contributed by atoms with Gasteiger partial charge in [0.2, 0.25) is 0 Å². The van der Waals surface area contributed by atoms with Gasteiger partial charge in [-0.2, -0.15) is 0 Å². The normalized spacial score (nSPS) is 23.3. The van der Waals surface area contributed by atoms with Crippen molar-refractivity contribution in [1.82, 2.24) is 9.80 Å². The van der Waals surface area contributed by atoms with Crippen molar-refractivity contribution in [3.8, 4) is 5.75 Å². The van der Waals surface area contributed by atoms with Crippen LogP contribution in [0.1, 0.15) is 30.5 Å². The Balaban J connectivity index is 1.83. The van der Waals surface area contributed by atoms with E-state index in [1.807, 2.05) is 0 Å². The second-order valence-electron chi connectivity index (χ2n) is 6.44. The first kappa shape index (κ1) is 15.8. The second kappa shape index (κ2) is 6.99. The van der Waals surface area contributed by atoms with E-state index in [2.05, 4.69) is 35.8 Å². The number of fused-ring (bicyclic) bond motifs is 1. The maximum Gasteiger partial charge on any atom is 0.123 e. The zero-order valence-electron chi connectivity index (χ0n) is 14.1. The molecular weight excluding hydrogens is 276 g/mol. The Kier molecular flexibility index (Phi) is 5.01. The molecule has 1 aromatic rings. The fourth-order valence-corrected chi connectivity index (χ4v) is 3.61. The van der Waals surface area contributed by atoms with Gasteiger partial charge in [-0.1, -0.05) is 13.0 Å². The highest BCUT2D eigenvalue weighted by Crippen LogP contribution is 2.30. The van der Waals surface area contributed by atoms with Gasteiger partial charge >= 0.3 is 0 Å². The van der Waals surface area contributed by atoms with Crippen LogP contribution in [0.15, 0.2) is 12.1 Å². The molecule has 0 aromatic heterocycles. The summed E-state index contributed by atoms with van der Waals surface area (Å²) in [7, 11) is 1.79. The van der Waals surface area contributed by atoms with E-state index in [1.165, 1.54) is 16.7 Å². The van der Waals surface area contributed by atoms with Crippen molar-refractivity contribution < 1.29 is 9.47 Å². The number of methoxy groups -OCH3 is 1. The van der Waals surface area contributed by atoms with Crippen LogP contribution in [0.2, 0.25) is 0 Å². The van der Waals surface area contributed by atoms with Crippen molar-refractivity contribution in [1.29, 1.82) is 0 Å². The molecule has 4 heteroatoms. The van der Waals surface area contributed by atoms with E-state index >= 15 is 0 Å². The summed E-state index contributed by atoms with van der Waals surface area (Å²) in [6.45, 7) is 11.4. The molecule has 2 aliphatic heterocycles. The maximum atomic E-state index is 5.67. The van der Waals surface area contributed by atoms with Crippen LogP contribution in [0.4, 0.5) is 0 Å². The second-order valence-corrected chi connectivity index (χ2v) is 6.44. The molecule has 0 saturated carbocycles. The average molecular weight is 304 g/mol. The van der Waals surface area contributed by atoms with Gasteiger partial charge in [-0.05, 0) is 37.1 Å². The Morgan fingerprint density at radius 2 is 2.00 bits per heavy atom. The minimum atomic E-state index is 0.627. The lowest BCUT2D eigenvalue weighted by atomic mass is 9.92. The van der Waals surface area contributed by atoms with Crippen molar-refractivity contribution in [2.75, 3.05) is 40.0 Å². The summed E-state index contributed by atoms with van der Waals surface area (Å²) in [6, 6.07) is 5.27. The quantitative estimate of drug-likeness (QED) is 0.852. The molecule has 1 unspecified atom stereocenters. The van der Waals surface area contributed by atoms with E-state index in [4.69, 9.17) is 9.47 Å². The molecular formula is C18H28N2O2. The average Bonchev–Trinajstić information content (AvgIpc) is 2.54. The number of ether oxygens (including phenoxy) is 2. The van der Waals surface area contributed by atoms with Crippen molar-refractivity contribution in [2.45, 2.75) is 39.4 Å². The molecule has 1 atom stereocenters. The molecule has 4 nitrogen and oxygen atoms in total. The highest BCUT2D eigenvalue weighted by atomic mass is 16.5. The number of benzene rings is 1. The summed E-state index contributed by atoms with van der Waals surface area (Å²) in [4.78, 5) is 4.99. The molecule has 1 saturated heterocycles. The minimum absolute atomic E-state index is 0.627. The minimum Gasteiger partial charge on any atom is -0.496 e. The fourth-order valence-electron chi connectivity index (χ4n) is 3.61. The summed E-state index contributed by atoms with van der Waals surface area (Å²) in [6.07, 6.45) is 1.14. The van der Waals surface area contributed by atoms with Crippen molar-refractivity contribution >= 4 is 0 Å². The zero-order valence-corrected chi connectivity index (χ0v) is 14.1. The summed E-state index contributed by atoms with van der Waals surface area (Å²) < 4.78 is 11.1. The lowest BCUT2D eigenvalue weighted by Gasteiger charge is -2.35. The third-order valence-electron chi connectivity index (χ3n) is 5.02. The first-order valence-electron chi connectivity index (χ1n) is 8.44. The van der Waals surface area contributed by atoms with Gasteiger partial charge in [0.15, 0.2) is 0 Å². The molecule has 22 heavy (non-hydrogen) atoms. The Bertz CT molecular complexity index is 512. The molecule has 0 aliphatic carbocycles. The number of morpholine rings is 1. The van der Waals surface area contributed by atoms with Gasteiger partial charge < -0.3 is 9.47 Å². The summed E-state index contributed by atoms with van der Waals surface area (Å²) >= 11 is 0. The summed E-state index contributed by atoms with van der Waals surface area (Å²) in [5.74, 6) is 1.04. The molecule has 0 bridgehead atoms. The van der Waals surface area contributed by atoms with E-state index in [0.717, 1.165) is 58.1 Å². The van der Waals surface area contributed by atoms with Crippen LogP contribution in [0.25, 0.3) is 0 Å². The molecule has 2 heterocycles. The maximum absolute atomic E-state index is 5.67. The Hall–Kier alpha value is -1.10. The molecule has 0 spiro atoms. The SMILES string of the molecule is CCN1Cc2cc(OC)c(CN3CCOCC3)cc2CC1C. The van der Waals surface area contributed by atoms with Crippen LogP contribution >= 0.6 is 0 Å². The molecule has 3 rings (SSSR count). The number of nitrogens with zero attached hydrogens (tertiary/aromatic N) is 2. The molecule has 1 fully saturated rings. The van der Waals surface area contributed by atoms with Crippen LogP contribution in [-0.4, -0.2) is 55.8 Å². The number of rotatable bonds is 4. The monoisotopic (exact) mass is 304 g/mol. The van der Waals surface area contributed by atoms with Crippen LogP contribution in [0.5, 0.6) is 5.75 Å². The predicted molar refractivity (Wildman–Crippen MR) is 88.3 cm³/mol. The molecule has 1 aromatic carbocycles. The Morgan fingerprint density at radius 1 is 1.23 bits per heavy atom. The Morgan fingerprint density at radius 3 is 2.68 bits per heavy atom. The summed E-state index contributed by atoms with van der Waals surface area (Å²) in [5, 5.41) is 0. The van der Waals surface area contributed by atoms with Crippen molar-refractivity contribution in [3.63, 3.8) is 0 Å². The van der Waals surface area contributed by atoms with Gasteiger partial charge in [0.1, 0.15) is 5.75 Å². The molecule has 0 amide bonds. The molecule has 0 N–H and O–H groups in total. The highest BCUT2D eigenvalue weighted by Gasteiger charge is 2.24. The third kappa shape index (κ3) is 3.29. The van der Waals surface area contributed by atoms with Crippen molar-refractivity contribution in [3.05, 3.63) is 28.8 Å². The van der Waals surface area contributed by atoms with Gasteiger partial charge in [-0.25, -0.2) is 0 Å². The third-order valence-corrected chi connectivity index (χ3v) is 5.02. The number of hydrogen-bond donors (Lipinski definition) is 0. The first-order chi connectivity index (χ1) is 10.7. The first-order valence-corrected chi connectivity index (χ1v) is 8.44. The lowest BCUT2D eigenvalue weighted by molar-refractivity contribution is 0.0338. The van der Waals surface area contributed by atoms with E-state index < -0.39 is 0 Å². The van der Waals surface area contributed by atoms with Gasteiger partial charge in [0.25, 0.3) is 0 Å². The molecule has 2 aliphatic rings. The largest absolute Gasteiger partial charge is 0.496 e.